The van der Waals surface area contributed by atoms with Gasteiger partial charge in [-0.1, -0.05) is 53.7 Å². The second-order valence-electron chi connectivity index (χ2n) is 6.17. The van der Waals surface area contributed by atoms with E-state index in [0.29, 0.717) is 12.0 Å². The van der Waals surface area contributed by atoms with Gasteiger partial charge < -0.3 is 4.74 Å². The Hall–Kier alpha value is -2.11. The Balaban J connectivity index is 2.02. The van der Waals surface area contributed by atoms with E-state index in [4.69, 9.17) is 9.72 Å². The Morgan fingerprint density at radius 1 is 1.20 bits per heavy atom. The first-order valence-electron chi connectivity index (χ1n) is 8.28. The van der Waals surface area contributed by atoms with Gasteiger partial charge in [0.25, 0.3) is 5.56 Å². The monoisotopic (exact) mass is 354 g/mol. The first-order chi connectivity index (χ1) is 12.1. The van der Waals surface area contributed by atoms with Crippen molar-refractivity contribution in [3.63, 3.8) is 0 Å². The van der Waals surface area contributed by atoms with Crippen LogP contribution in [0.4, 0.5) is 0 Å². The normalized spacial score (nSPS) is 12.4. The number of ether oxygens (including phenoxy) is 1. The number of hydrogen-bond acceptors (Lipinski definition) is 4. The lowest BCUT2D eigenvalue weighted by molar-refractivity contribution is 0.156. The Kier molecular flexibility index (Phi) is 5.56. The lowest BCUT2D eigenvalue weighted by Gasteiger charge is -2.19. The molecule has 0 spiro atoms. The maximum Gasteiger partial charge on any atom is 0.262 e. The van der Waals surface area contributed by atoms with Crippen molar-refractivity contribution >= 4 is 22.7 Å². The summed E-state index contributed by atoms with van der Waals surface area (Å²) in [6.45, 7) is 4.54. The smallest absolute Gasteiger partial charge is 0.262 e. The molecule has 0 aliphatic heterocycles. The molecule has 2 aromatic carbocycles. The number of thioether (sulfide) groups is 1. The van der Waals surface area contributed by atoms with Gasteiger partial charge in [-0.15, -0.1) is 0 Å². The van der Waals surface area contributed by atoms with Crippen LogP contribution in [0.2, 0.25) is 0 Å². The molecule has 25 heavy (non-hydrogen) atoms. The summed E-state index contributed by atoms with van der Waals surface area (Å²) in [5, 5.41) is 1.38. The van der Waals surface area contributed by atoms with Crippen LogP contribution in [0.1, 0.15) is 24.1 Å². The van der Waals surface area contributed by atoms with Crippen molar-refractivity contribution in [2.75, 3.05) is 13.7 Å². The molecule has 1 unspecified atom stereocenters. The van der Waals surface area contributed by atoms with Gasteiger partial charge in [-0.3, -0.25) is 9.36 Å². The molecule has 3 aromatic rings. The summed E-state index contributed by atoms with van der Waals surface area (Å²) >= 11 is 1.59. The highest BCUT2D eigenvalue weighted by Crippen LogP contribution is 2.24. The molecule has 0 saturated carbocycles. The summed E-state index contributed by atoms with van der Waals surface area (Å²) in [7, 11) is 1.65. The predicted molar refractivity (Wildman–Crippen MR) is 103 cm³/mol. The van der Waals surface area contributed by atoms with Crippen LogP contribution in [0, 0.1) is 6.92 Å². The van der Waals surface area contributed by atoms with Crippen molar-refractivity contribution in [1.29, 1.82) is 0 Å². The van der Waals surface area contributed by atoms with E-state index in [1.54, 1.807) is 23.4 Å². The minimum absolute atomic E-state index is 0.0121. The van der Waals surface area contributed by atoms with Crippen molar-refractivity contribution in [1.82, 2.24) is 9.55 Å². The number of hydrogen-bond donors (Lipinski definition) is 0. The van der Waals surface area contributed by atoms with Gasteiger partial charge in [0, 0.05) is 12.9 Å². The van der Waals surface area contributed by atoms with Gasteiger partial charge in [0.2, 0.25) is 0 Å². The number of methoxy groups -OCH3 is 1. The molecule has 1 heterocycles. The molecular weight excluding hydrogens is 332 g/mol. The van der Waals surface area contributed by atoms with Crippen LogP contribution >= 0.6 is 11.8 Å². The van der Waals surface area contributed by atoms with E-state index in [0.717, 1.165) is 16.4 Å². The van der Waals surface area contributed by atoms with E-state index < -0.39 is 0 Å². The summed E-state index contributed by atoms with van der Waals surface area (Å²) in [5.41, 5.74) is 3.18. The Labute approximate surface area is 151 Å². The average Bonchev–Trinajstić information content (AvgIpc) is 2.60. The molecule has 0 aliphatic carbocycles. The molecule has 130 valence electrons. The largest absolute Gasteiger partial charge is 0.383 e. The standard InChI is InChI=1S/C20H22N2O2S/c1-14-7-6-8-16(11-14)13-25-20-21-18-10-5-4-9-17(18)19(23)22(20)15(2)12-24-3/h4-11,15H,12-13H2,1-3H3. The molecule has 0 N–H and O–H groups in total. The van der Waals surface area contributed by atoms with Crippen molar-refractivity contribution in [2.45, 2.75) is 30.8 Å². The highest BCUT2D eigenvalue weighted by Gasteiger charge is 2.16. The quantitative estimate of drug-likeness (QED) is 0.491. The number of aromatic nitrogens is 2. The number of fused-ring (bicyclic) bond motifs is 1. The fourth-order valence-electron chi connectivity index (χ4n) is 2.88. The number of nitrogens with zero attached hydrogens (tertiary/aromatic N) is 2. The maximum atomic E-state index is 13.0. The van der Waals surface area contributed by atoms with Gasteiger partial charge in [0.15, 0.2) is 5.16 Å². The van der Waals surface area contributed by atoms with Crippen molar-refractivity contribution in [3.05, 3.63) is 70.0 Å². The SMILES string of the molecule is COCC(C)n1c(SCc2cccc(C)c2)nc2ccccc2c1=O. The van der Waals surface area contributed by atoms with Crippen LogP contribution in [0.25, 0.3) is 10.9 Å². The van der Waals surface area contributed by atoms with E-state index in [9.17, 15) is 4.79 Å². The third kappa shape index (κ3) is 3.94. The molecule has 4 nitrogen and oxygen atoms in total. The molecule has 0 aliphatic rings. The Morgan fingerprint density at radius 3 is 2.76 bits per heavy atom. The topological polar surface area (TPSA) is 44.1 Å². The molecule has 0 saturated heterocycles. The van der Waals surface area contributed by atoms with Crippen LogP contribution in [0.3, 0.4) is 0 Å². The van der Waals surface area contributed by atoms with E-state index in [2.05, 4.69) is 31.2 Å². The third-order valence-electron chi connectivity index (χ3n) is 4.07. The number of para-hydroxylation sites is 1. The van der Waals surface area contributed by atoms with Crippen LogP contribution in [0.15, 0.2) is 58.5 Å². The third-order valence-corrected chi connectivity index (χ3v) is 5.10. The molecular formula is C20H22N2O2S. The van der Waals surface area contributed by atoms with E-state index in [-0.39, 0.29) is 11.6 Å². The zero-order valence-corrected chi connectivity index (χ0v) is 15.5. The van der Waals surface area contributed by atoms with Crippen molar-refractivity contribution < 1.29 is 4.74 Å². The fourth-order valence-corrected chi connectivity index (χ4v) is 3.92. The minimum atomic E-state index is -0.0744. The zero-order valence-electron chi connectivity index (χ0n) is 14.7. The maximum absolute atomic E-state index is 13.0. The van der Waals surface area contributed by atoms with E-state index >= 15 is 0 Å². The molecule has 1 atom stereocenters. The molecule has 3 rings (SSSR count). The minimum Gasteiger partial charge on any atom is -0.383 e. The number of aryl methyl sites for hydroxylation is 1. The van der Waals surface area contributed by atoms with Gasteiger partial charge in [-0.05, 0) is 31.5 Å². The first kappa shape index (κ1) is 17.7. The highest BCUT2D eigenvalue weighted by atomic mass is 32.2. The van der Waals surface area contributed by atoms with Crippen molar-refractivity contribution in [2.24, 2.45) is 0 Å². The van der Waals surface area contributed by atoms with Gasteiger partial charge in [0.1, 0.15) is 0 Å². The summed E-state index contributed by atoms with van der Waals surface area (Å²) < 4.78 is 7.02. The Morgan fingerprint density at radius 2 is 2.00 bits per heavy atom. The van der Waals surface area contributed by atoms with E-state index in [1.165, 1.54) is 11.1 Å². The summed E-state index contributed by atoms with van der Waals surface area (Å²) in [5.74, 6) is 0.770. The summed E-state index contributed by atoms with van der Waals surface area (Å²) in [6.07, 6.45) is 0. The average molecular weight is 354 g/mol. The van der Waals surface area contributed by atoms with Crippen LogP contribution in [-0.4, -0.2) is 23.3 Å². The van der Waals surface area contributed by atoms with Crippen LogP contribution in [0.5, 0.6) is 0 Å². The van der Waals surface area contributed by atoms with Gasteiger partial charge in [0.05, 0.1) is 23.6 Å². The fraction of sp³-hybridized carbons (Fsp3) is 0.300. The Bertz CT molecular complexity index is 936. The number of benzene rings is 2. The van der Waals surface area contributed by atoms with Gasteiger partial charge >= 0.3 is 0 Å². The van der Waals surface area contributed by atoms with Gasteiger partial charge in [-0.25, -0.2) is 4.98 Å². The summed E-state index contributed by atoms with van der Waals surface area (Å²) in [6, 6.07) is 15.8. The molecule has 5 heteroatoms. The second kappa shape index (κ2) is 7.85. The van der Waals surface area contributed by atoms with Crippen LogP contribution < -0.4 is 5.56 Å². The zero-order chi connectivity index (χ0) is 17.8. The van der Waals surface area contributed by atoms with Gasteiger partial charge in [-0.2, -0.15) is 0 Å². The first-order valence-corrected chi connectivity index (χ1v) is 9.27. The lowest BCUT2D eigenvalue weighted by Crippen LogP contribution is -2.28. The summed E-state index contributed by atoms with van der Waals surface area (Å²) in [4.78, 5) is 17.7. The van der Waals surface area contributed by atoms with E-state index in [1.807, 2.05) is 31.2 Å². The molecule has 0 amide bonds. The molecule has 0 radical (unpaired) electrons. The predicted octanol–water partition coefficient (Wildman–Crippen LogP) is 4.20. The van der Waals surface area contributed by atoms with Crippen LogP contribution in [-0.2, 0) is 10.5 Å². The molecule has 0 bridgehead atoms. The second-order valence-corrected chi connectivity index (χ2v) is 7.11. The van der Waals surface area contributed by atoms with Crippen molar-refractivity contribution in [3.8, 4) is 0 Å². The molecule has 1 aromatic heterocycles. The number of rotatable bonds is 6. The highest BCUT2D eigenvalue weighted by molar-refractivity contribution is 7.98. The lowest BCUT2D eigenvalue weighted by atomic mass is 10.2. The molecule has 0 fully saturated rings.